The Kier molecular flexibility index (Phi) is 3.57. The second-order valence-electron chi connectivity index (χ2n) is 3.79. The molecule has 1 aromatic rings. The minimum absolute atomic E-state index is 0.0386. The molecule has 7 heteroatoms. The minimum Gasteiger partial charge on any atom is -0.244 e. The Balaban J connectivity index is 2.81. The summed E-state index contributed by atoms with van der Waals surface area (Å²) in [5.74, 6) is 0.731. The van der Waals surface area contributed by atoms with Crippen LogP contribution in [0.25, 0.3) is 0 Å². The number of H-pyrrole nitrogens is 1. The minimum atomic E-state index is 0.0386. The zero-order chi connectivity index (χ0) is 9.90. The number of thiol groups is 1. The van der Waals surface area contributed by atoms with Gasteiger partial charge in [0.25, 0.3) is 0 Å². The molecule has 1 atom stereocenters. The summed E-state index contributed by atoms with van der Waals surface area (Å²) in [4.78, 5) is 0. The van der Waals surface area contributed by atoms with Crippen LogP contribution in [-0.2, 0) is 0 Å². The summed E-state index contributed by atoms with van der Waals surface area (Å²) >= 11 is 4.05. The molecule has 5 nitrogen and oxygen atoms in total. The van der Waals surface area contributed by atoms with Crippen LogP contribution in [0.2, 0.25) is 0 Å². The molecule has 13 heavy (non-hydrogen) atoms. The molecule has 0 saturated carbocycles. The van der Waals surface area contributed by atoms with E-state index in [1.807, 2.05) is 0 Å². The second kappa shape index (κ2) is 4.30. The predicted molar refractivity (Wildman–Crippen MR) is 56.1 cm³/mol. The van der Waals surface area contributed by atoms with E-state index in [2.05, 4.69) is 57.8 Å². The molecule has 0 spiro atoms. The SMILES string of the molecule is CC(C)(C)[C@@H](NSS)c1nnn[nH]1. The van der Waals surface area contributed by atoms with Crippen molar-refractivity contribution in [3.8, 4) is 0 Å². The summed E-state index contributed by atoms with van der Waals surface area (Å²) in [5, 5.41) is 13.7. The van der Waals surface area contributed by atoms with Gasteiger partial charge >= 0.3 is 0 Å². The summed E-state index contributed by atoms with van der Waals surface area (Å²) in [5.41, 5.74) is 0.0386. The van der Waals surface area contributed by atoms with E-state index in [1.54, 1.807) is 0 Å². The lowest BCUT2D eigenvalue weighted by atomic mass is 9.87. The Bertz CT molecular complexity index is 242. The van der Waals surface area contributed by atoms with Gasteiger partial charge in [-0.2, -0.15) is 0 Å². The van der Waals surface area contributed by atoms with Gasteiger partial charge in [0.15, 0.2) is 5.82 Å². The Morgan fingerprint density at radius 3 is 2.62 bits per heavy atom. The summed E-state index contributed by atoms with van der Waals surface area (Å²) in [6, 6.07) is 0.0602. The lowest BCUT2D eigenvalue weighted by Crippen LogP contribution is -2.28. The van der Waals surface area contributed by atoms with Gasteiger partial charge in [-0.25, -0.2) is 9.82 Å². The maximum absolute atomic E-state index is 4.05. The molecule has 0 saturated heterocycles. The van der Waals surface area contributed by atoms with Gasteiger partial charge in [-0.05, 0) is 26.8 Å². The van der Waals surface area contributed by atoms with Crippen LogP contribution in [0.15, 0.2) is 0 Å². The number of hydrogen-bond acceptors (Lipinski definition) is 6. The first-order valence-electron chi connectivity index (χ1n) is 3.85. The second-order valence-corrected chi connectivity index (χ2v) is 4.76. The molecule has 2 N–H and O–H groups in total. The number of aromatic amines is 1. The van der Waals surface area contributed by atoms with Crippen molar-refractivity contribution in [1.29, 1.82) is 0 Å². The molecule has 74 valence electrons. The third kappa shape index (κ3) is 2.85. The van der Waals surface area contributed by atoms with E-state index in [0.717, 1.165) is 5.82 Å². The van der Waals surface area contributed by atoms with Crippen molar-refractivity contribution in [2.45, 2.75) is 26.8 Å². The maximum atomic E-state index is 4.05. The quantitative estimate of drug-likeness (QED) is 0.407. The van der Waals surface area contributed by atoms with E-state index >= 15 is 0 Å². The van der Waals surface area contributed by atoms with Crippen LogP contribution in [0.1, 0.15) is 32.6 Å². The highest BCUT2D eigenvalue weighted by Gasteiger charge is 2.28. The molecule has 0 aliphatic rings. The maximum Gasteiger partial charge on any atom is 0.167 e. The van der Waals surface area contributed by atoms with Gasteiger partial charge < -0.3 is 0 Å². The van der Waals surface area contributed by atoms with Crippen LogP contribution in [-0.4, -0.2) is 20.6 Å². The summed E-state index contributed by atoms with van der Waals surface area (Å²) < 4.78 is 3.13. The Morgan fingerprint density at radius 2 is 2.23 bits per heavy atom. The van der Waals surface area contributed by atoms with Gasteiger partial charge in [0.1, 0.15) is 0 Å². The number of nitrogens with one attached hydrogen (secondary N) is 2. The van der Waals surface area contributed by atoms with Gasteiger partial charge in [0, 0.05) is 0 Å². The number of hydrogen-bond donors (Lipinski definition) is 3. The molecule has 0 bridgehead atoms. The van der Waals surface area contributed by atoms with Gasteiger partial charge in [-0.1, -0.05) is 32.4 Å². The third-order valence-corrected chi connectivity index (χ3v) is 2.33. The van der Waals surface area contributed by atoms with Gasteiger partial charge in [-0.15, -0.1) is 5.10 Å². The van der Waals surface area contributed by atoms with Crippen LogP contribution in [0.5, 0.6) is 0 Å². The first kappa shape index (κ1) is 10.8. The molecule has 0 aliphatic heterocycles. The number of rotatable bonds is 3. The van der Waals surface area contributed by atoms with Crippen LogP contribution >= 0.6 is 22.6 Å². The van der Waals surface area contributed by atoms with Crippen LogP contribution in [0, 0.1) is 5.41 Å². The Labute approximate surface area is 86.4 Å². The molecule has 0 unspecified atom stereocenters. The monoisotopic (exact) mass is 219 g/mol. The average molecular weight is 219 g/mol. The molecule has 1 heterocycles. The van der Waals surface area contributed by atoms with Crippen molar-refractivity contribution in [3.05, 3.63) is 5.82 Å². The van der Waals surface area contributed by atoms with E-state index in [-0.39, 0.29) is 11.5 Å². The molecular formula is C6H13N5S2. The highest BCUT2D eigenvalue weighted by molar-refractivity contribution is 8.67. The molecule has 0 radical (unpaired) electrons. The molecule has 0 aliphatic carbocycles. The normalized spacial score (nSPS) is 14.5. The van der Waals surface area contributed by atoms with Crippen LogP contribution in [0.3, 0.4) is 0 Å². The lowest BCUT2D eigenvalue weighted by Gasteiger charge is -2.27. The van der Waals surface area contributed by atoms with E-state index in [4.69, 9.17) is 0 Å². The molecule has 0 fully saturated rings. The van der Waals surface area contributed by atoms with Crippen LogP contribution in [0.4, 0.5) is 0 Å². The third-order valence-electron chi connectivity index (χ3n) is 1.67. The summed E-state index contributed by atoms with van der Waals surface area (Å²) in [6.45, 7) is 6.32. The molecular weight excluding hydrogens is 206 g/mol. The average Bonchev–Trinajstić information content (AvgIpc) is 2.49. The van der Waals surface area contributed by atoms with Crippen molar-refractivity contribution < 1.29 is 0 Å². The summed E-state index contributed by atoms with van der Waals surface area (Å²) in [6.07, 6.45) is 0. The molecule has 0 amide bonds. The van der Waals surface area contributed by atoms with Crippen molar-refractivity contribution in [2.24, 2.45) is 5.41 Å². The number of tetrazole rings is 1. The first-order valence-corrected chi connectivity index (χ1v) is 5.72. The largest absolute Gasteiger partial charge is 0.244 e. The van der Waals surface area contributed by atoms with E-state index in [9.17, 15) is 0 Å². The fraction of sp³-hybridized carbons (Fsp3) is 0.833. The predicted octanol–water partition coefficient (Wildman–Crippen LogP) is 1.37. The topological polar surface area (TPSA) is 66.5 Å². The van der Waals surface area contributed by atoms with Gasteiger partial charge in [0.05, 0.1) is 6.04 Å². The molecule has 1 rings (SSSR count). The van der Waals surface area contributed by atoms with Gasteiger partial charge in [0.2, 0.25) is 0 Å². The van der Waals surface area contributed by atoms with Crippen molar-refractivity contribution in [2.75, 3.05) is 0 Å². The van der Waals surface area contributed by atoms with Gasteiger partial charge in [-0.3, -0.25) is 0 Å². The molecule has 0 aromatic carbocycles. The van der Waals surface area contributed by atoms with E-state index in [1.165, 1.54) is 11.0 Å². The first-order chi connectivity index (χ1) is 6.05. The van der Waals surface area contributed by atoms with Crippen molar-refractivity contribution >= 4 is 22.6 Å². The Morgan fingerprint density at radius 1 is 1.54 bits per heavy atom. The Hall–Kier alpha value is -0.270. The fourth-order valence-corrected chi connectivity index (χ4v) is 1.87. The van der Waals surface area contributed by atoms with Crippen molar-refractivity contribution in [1.82, 2.24) is 25.3 Å². The molecule has 1 aromatic heterocycles. The lowest BCUT2D eigenvalue weighted by molar-refractivity contribution is 0.300. The zero-order valence-corrected chi connectivity index (χ0v) is 9.49. The van der Waals surface area contributed by atoms with E-state index in [0.29, 0.717) is 0 Å². The highest BCUT2D eigenvalue weighted by Crippen LogP contribution is 2.32. The summed E-state index contributed by atoms with van der Waals surface area (Å²) in [7, 11) is 1.26. The zero-order valence-electron chi connectivity index (χ0n) is 7.77. The standard InChI is InChI=1S/C6H13N5S2/c1-6(2,3)4(9-13-12)5-7-10-11-8-5/h4,9,12H,1-3H3,(H,7,8,10,11)/t4-/m0/s1. The van der Waals surface area contributed by atoms with E-state index < -0.39 is 0 Å². The fourth-order valence-electron chi connectivity index (χ4n) is 0.984. The number of aromatic nitrogens is 4. The van der Waals surface area contributed by atoms with Crippen molar-refractivity contribution in [3.63, 3.8) is 0 Å². The highest BCUT2D eigenvalue weighted by atomic mass is 33.1. The number of nitrogens with zero attached hydrogens (tertiary/aromatic N) is 3. The smallest absolute Gasteiger partial charge is 0.167 e. The van der Waals surface area contributed by atoms with Crippen LogP contribution < -0.4 is 4.72 Å².